The normalized spacial score (nSPS) is 14.4. The first-order valence-electron chi connectivity index (χ1n) is 9.21. The SMILES string of the molecule is Cc1ccc(NC(=O)NCCn2cnc(C3CCCC3)cc2=O)c(C)c1. The van der Waals surface area contributed by atoms with Crippen molar-refractivity contribution in [2.75, 3.05) is 11.9 Å². The number of amides is 2. The molecule has 1 heterocycles. The molecule has 0 aliphatic heterocycles. The molecule has 0 spiro atoms. The van der Waals surface area contributed by atoms with Gasteiger partial charge in [-0.15, -0.1) is 0 Å². The number of anilines is 1. The van der Waals surface area contributed by atoms with Crippen LogP contribution in [0, 0.1) is 13.8 Å². The fraction of sp³-hybridized carbons (Fsp3) is 0.450. The number of carbonyl (C=O) groups excluding carboxylic acids is 1. The van der Waals surface area contributed by atoms with E-state index in [-0.39, 0.29) is 11.6 Å². The highest BCUT2D eigenvalue weighted by molar-refractivity contribution is 5.90. The number of hydrogen-bond acceptors (Lipinski definition) is 3. The summed E-state index contributed by atoms with van der Waals surface area (Å²) in [7, 11) is 0. The lowest BCUT2D eigenvalue weighted by Gasteiger charge is -2.12. The molecular formula is C20H26N4O2. The van der Waals surface area contributed by atoms with E-state index in [4.69, 9.17) is 0 Å². The van der Waals surface area contributed by atoms with Gasteiger partial charge in [0.2, 0.25) is 0 Å². The van der Waals surface area contributed by atoms with Gasteiger partial charge in [0.25, 0.3) is 5.56 Å². The van der Waals surface area contributed by atoms with Gasteiger partial charge in [-0.3, -0.25) is 9.36 Å². The Kier molecular flexibility index (Phi) is 5.71. The van der Waals surface area contributed by atoms with Crippen molar-refractivity contribution < 1.29 is 4.79 Å². The molecule has 1 aliphatic carbocycles. The van der Waals surface area contributed by atoms with Gasteiger partial charge in [0, 0.05) is 30.8 Å². The Hall–Kier alpha value is -2.63. The molecule has 26 heavy (non-hydrogen) atoms. The fourth-order valence-electron chi connectivity index (χ4n) is 3.46. The van der Waals surface area contributed by atoms with Crippen LogP contribution in [0.5, 0.6) is 0 Å². The van der Waals surface area contributed by atoms with Crippen molar-refractivity contribution in [3.05, 3.63) is 57.8 Å². The van der Waals surface area contributed by atoms with Crippen LogP contribution >= 0.6 is 0 Å². The molecule has 3 rings (SSSR count). The number of urea groups is 1. The number of rotatable bonds is 5. The van der Waals surface area contributed by atoms with E-state index in [1.165, 1.54) is 17.4 Å². The Morgan fingerprint density at radius 2 is 2.00 bits per heavy atom. The zero-order chi connectivity index (χ0) is 18.5. The quantitative estimate of drug-likeness (QED) is 0.865. The molecule has 1 aliphatic rings. The smallest absolute Gasteiger partial charge is 0.319 e. The van der Waals surface area contributed by atoms with Crippen LogP contribution in [0.4, 0.5) is 10.5 Å². The second kappa shape index (κ2) is 8.17. The molecule has 6 heteroatoms. The topological polar surface area (TPSA) is 76.0 Å². The van der Waals surface area contributed by atoms with Gasteiger partial charge in [-0.1, -0.05) is 30.5 Å². The van der Waals surface area contributed by atoms with E-state index in [1.807, 2.05) is 32.0 Å². The number of aryl methyl sites for hydroxylation is 2. The third-order valence-electron chi connectivity index (χ3n) is 4.94. The van der Waals surface area contributed by atoms with Crippen molar-refractivity contribution in [2.24, 2.45) is 0 Å². The van der Waals surface area contributed by atoms with Crippen molar-refractivity contribution in [1.29, 1.82) is 0 Å². The average molecular weight is 354 g/mol. The molecule has 0 saturated heterocycles. The second-order valence-corrected chi connectivity index (χ2v) is 7.03. The lowest BCUT2D eigenvalue weighted by Crippen LogP contribution is -2.34. The summed E-state index contributed by atoms with van der Waals surface area (Å²) in [6, 6.07) is 7.24. The summed E-state index contributed by atoms with van der Waals surface area (Å²) in [6.45, 7) is 4.73. The largest absolute Gasteiger partial charge is 0.336 e. The molecule has 1 saturated carbocycles. The standard InChI is InChI=1S/C20H26N4O2/c1-14-7-8-17(15(2)11-14)23-20(26)21-9-10-24-13-22-18(12-19(24)25)16-5-3-4-6-16/h7-8,11-13,16H,3-6,9-10H2,1-2H3,(H2,21,23,26). The van der Waals surface area contributed by atoms with Crippen LogP contribution in [-0.2, 0) is 6.54 Å². The number of hydrogen-bond donors (Lipinski definition) is 2. The number of carbonyl (C=O) groups is 1. The van der Waals surface area contributed by atoms with Crippen LogP contribution in [0.25, 0.3) is 0 Å². The summed E-state index contributed by atoms with van der Waals surface area (Å²) in [5.41, 5.74) is 3.81. The molecule has 0 bridgehead atoms. The average Bonchev–Trinajstić information content (AvgIpc) is 3.13. The molecular weight excluding hydrogens is 328 g/mol. The van der Waals surface area contributed by atoms with Gasteiger partial charge < -0.3 is 10.6 Å². The Bertz CT molecular complexity index is 838. The lowest BCUT2D eigenvalue weighted by molar-refractivity contribution is 0.251. The number of aromatic nitrogens is 2. The maximum absolute atomic E-state index is 12.2. The van der Waals surface area contributed by atoms with Crippen molar-refractivity contribution in [3.63, 3.8) is 0 Å². The van der Waals surface area contributed by atoms with Crippen molar-refractivity contribution >= 4 is 11.7 Å². The van der Waals surface area contributed by atoms with Gasteiger partial charge in [0.1, 0.15) is 0 Å². The van der Waals surface area contributed by atoms with Gasteiger partial charge in [-0.25, -0.2) is 9.78 Å². The van der Waals surface area contributed by atoms with Gasteiger partial charge in [0.05, 0.1) is 12.0 Å². The third-order valence-corrected chi connectivity index (χ3v) is 4.94. The third kappa shape index (κ3) is 4.50. The molecule has 1 aromatic carbocycles. The van der Waals surface area contributed by atoms with Crippen LogP contribution in [0.1, 0.15) is 48.4 Å². The van der Waals surface area contributed by atoms with Crippen molar-refractivity contribution in [1.82, 2.24) is 14.9 Å². The summed E-state index contributed by atoms with van der Waals surface area (Å²) in [6.07, 6.45) is 6.27. The predicted molar refractivity (Wildman–Crippen MR) is 103 cm³/mol. The lowest BCUT2D eigenvalue weighted by atomic mass is 10.0. The molecule has 6 nitrogen and oxygen atoms in total. The maximum Gasteiger partial charge on any atom is 0.319 e. The second-order valence-electron chi connectivity index (χ2n) is 7.03. The summed E-state index contributed by atoms with van der Waals surface area (Å²) >= 11 is 0. The summed E-state index contributed by atoms with van der Waals surface area (Å²) in [4.78, 5) is 28.7. The van der Waals surface area contributed by atoms with Crippen molar-refractivity contribution in [2.45, 2.75) is 52.0 Å². The highest BCUT2D eigenvalue weighted by Gasteiger charge is 2.18. The van der Waals surface area contributed by atoms with E-state index in [2.05, 4.69) is 15.6 Å². The molecule has 138 valence electrons. The Morgan fingerprint density at radius 3 is 2.69 bits per heavy atom. The Balaban J connectivity index is 1.51. The minimum Gasteiger partial charge on any atom is -0.336 e. The molecule has 2 aromatic rings. The summed E-state index contributed by atoms with van der Waals surface area (Å²) in [5.74, 6) is 0.430. The van der Waals surface area contributed by atoms with Crippen LogP contribution in [0.2, 0.25) is 0 Å². The molecule has 1 aromatic heterocycles. The maximum atomic E-state index is 12.2. The highest BCUT2D eigenvalue weighted by Crippen LogP contribution is 2.32. The zero-order valence-corrected chi connectivity index (χ0v) is 15.4. The van der Waals surface area contributed by atoms with Crippen molar-refractivity contribution in [3.8, 4) is 0 Å². The first kappa shape index (κ1) is 18.2. The van der Waals surface area contributed by atoms with Crippen LogP contribution in [0.3, 0.4) is 0 Å². The van der Waals surface area contributed by atoms with E-state index >= 15 is 0 Å². The number of nitrogens with zero attached hydrogens (tertiary/aromatic N) is 2. The van der Waals surface area contributed by atoms with Gasteiger partial charge in [-0.2, -0.15) is 0 Å². The van der Waals surface area contributed by atoms with Gasteiger partial charge in [0.15, 0.2) is 0 Å². The number of nitrogens with one attached hydrogen (secondary N) is 2. The first-order valence-corrected chi connectivity index (χ1v) is 9.21. The molecule has 1 fully saturated rings. The van der Waals surface area contributed by atoms with E-state index in [1.54, 1.807) is 12.4 Å². The van der Waals surface area contributed by atoms with Crippen LogP contribution in [0.15, 0.2) is 35.4 Å². The monoisotopic (exact) mass is 354 g/mol. The van der Waals surface area contributed by atoms with Crippen LogP contribution in [-0.4, -0.2) is 22.1 Å². The van der Waals surface area contributed by atoms with E-state index in [0.29, 0.717) is 19.0 Å². The first-order chi connectivity index (χ1) is 12.5. The van der Waals surface area contributed by atoms with Crippen LogP contribution < -0.4 is 16.2 Å². The Morgan fingerprint density at radius 1 is 1.23 bits per heavy atom. The Labute approximate surface area is 153 Å². The highest BCUT2D eigenvalue weighted by atomic mass is 16.2. The minimum atomic E-state index is -0.277. The minimum absolute atomic E-state index is 0.0570. The molecule has 0 unspecified atom stereocenters. The summed E-state index contributed by atoms with van der Waals surface area (Å²) < 4.78 is 1.54. The fourth-order valence-corrected chi connectivity index (χ4v) is 3.46. The predicted octanol–water partition coefficient (Wildman–Crippen LogP) is 3.34. The summed E-state index contributed by atoms with van der Waals surface area (Å²) in [5, 5.41) is 5.61. The zero-order valence-electron chi connectivity index (χ0n) is 15.4. The molecule has 0 radical (unpaired) electrons. The van der Waals surface area contributed by atoms with E-state index in [0.717, 1.165) is 35.3 Å². The molecule has 2 amide bonds. The number of benzene rings is 1. The molecule has 2 N–H and O–H groups in total. The van der Waals surface area contributed by atoms with E-state index in [9.17, 15) is 9.59 Å². The van der Waals surface area contributed by atoms with E-state index < -0.39 is 0 Å². The van der Waals surface area contributed by atoms with Gasteiger partial charge >= 0.3 is 6.03 Å². The van der Waals surface area contributed by atoms with Gasteiger partial charge in [-0.05, 0) is 38.3 Å². The molecule has 0 atom stereocenters.